The van der Waals surface area contributed by atoms with E-state index in [1.165, 1.54) is 29.5 Å². The van der Waals surface area contributed by atoms with E-state index < -0.39 is 0 Å². The first kappa shape index (κ1) is 19.1. The molecule has 0 bridgehead atoms. The first-order valence-corrected chi connectivity index (χ1v) is 11.2. The number of imidazole rings is 1. The lowest BCUT2D eigenvalue weighted by atomic mass is 10.1. The number of hydrogen-bond acceptors (Lipinski definition) is 2. The minimum absolute atomic E-state index is 0.309. The average Bonchev–Trinajstić information content (AvgIpc) is 3.33. The molecule has 0 N–H and O–H groups in total. The highest BCUT2D eigenvalue weighted by Gasteiger charge is 2.21. The summed E-state index contributed by atoms with van der Waals surface area (Å²) >= 11 is 1.40. The molecule has 4 aromatic carbocycles. The summed E-state index contributed by atoms with van der Waals surface area (Å²) in [4.78, 5) is 4.98. The summed E-state index contributed by atoms with van der Waals surface area (Å²) in [6.07, 6.45) is 0. The number of benzene rings is 4. The largest absolute Gasteiger partial charge is 0.292 e. The van der Waals surface area contributed by atoms with Gasteiger partial charge in [-0.1, -0.05) is 30.3 Å². The van der Waals surface area contributed by atoms with Crippen LogP contribution in [-0.4, -0.2) is 9.55 Å². The summed E-state index contributed by atoms with van der Waals surface area (Å²) in [5.41, 5.74) is 6.03. The van der Waals surface area contributed by atoms with Gasteiger partial charge in [-0.25, -0.2) is 13.8 Å². The Morgan fingerprint density at radius 1 is 0.844 bits per heavy atom. The molecule has 0 radical (unpaired) electrons. The van der Waals surface area contributed by atoms with E-state index in [1.54, 1.807) is 12.1 Å². The molecule has 6 rings (SSSR count). The Morgan fingerprint density at radius 3 is 2.44 bits per heavy atom. The van der Waals surface area contributed by atoms with Crippen molar-refractivity contribution in [1.82, 2.24) is 9.55 Å². The van der Waals surface area contributed by atoms with Crippen LogP contribution < -0.4 is 0 Å². The van der Waals surface area contributed by atoms with Crippen LogP contribution in [-0.2, 0) is 0 Å². The SMILES string of the molecule is Cc1cccc(C)c1-n1c(-c2ccc(F)c3c2sc2cc(F)ccc23)nc2ccccc21. The fourth-order valence-corrected chi connectivity index (χ4v) is 5.83. The minimum Gasteiger partial charge on any atom is -0.292 e. The van der Waals surface area contributed by atoms with Gasteiger partial charge in [0, 0.05) is 25.7 Å². The van der Waals surface area contributed by atoms with Crippen molar-refractivity contribution in [1.29, 1.82) is 0 Å². The molecular formula is C27H18F2N2S. The zero-order chi connectivity index (χ0) is 22.0. The first-order valence-electron chi connectivity index (χ1n) is 10.4. The second kappa shape index (κ2) is 6.97. The lowest BCUT2D eigenvalue weighted by Gasteiger charge is -2.15. The number of hydrogen-bond donors (Lipinski definition) is 0. The van der Waals surface area contributed by atoms with Gasteiger partial charge in [0.25, 0.3) is 0 Å². The molecule has 32 heavy (non-hydrogen) atoms. The van der Waals surface area contributed by atoms with Crippen LogP contribution in [0.5, 0.6) is 0 Å². The summed E-state index contributed by atoms with van der Waals surface area (Å²) < 4.78 is 32.5. The van der Waals surface area contributed by atoms with Crippen molar-refractivity contribution in [3.05, 3.63) is 95.6 Å². The first-order chi connectivity index (χ1) is 15.5. The van der Waals surface area contributed by atoms with Crippen LogP contribution in [0.3, 0.4) is 0 Å². The third kappa shape index (κ3) is 2.71. The van der Waals surface area contributed by atoms with Crippen molar-refractivity contribution in [2.24, 2.45) is 0 Å². The molecule has 0 amide bonds. The molecule has 0 aliphatic rings. The maximum atomic E-state index is 15.0. The predicted molar refractivity (Wildman–Crippen MR) is 129 cm³/mol. The van der Waals surface area contributed by atoms with Crippen molar-refractivity contribution in [3.8, 4) is 17.1 Å². The van der Waals surface area contributed by atoms with E-state index in [1.807, 2.05) is 24.3 Å². The molecule has 0 aliphatic heterocycles. The predicted octanol–water partition coefficient (Wildman–Crippen LogP) is 7.96. The number of para-hydroxylation sites is 3. The Kier molecular flexibility index (Phi) is 4.17. The van der Waals surface area contributed by atoms with Gasteiger partial charge in [0.15, 0.2) is 0 Å². The zero-order valence-corrected chi connectivity index (χ0v) is 18.3. The van der Waals surface area contributed by atoms with E-state index in [9.17, 15) is 8.78 Å². The topological polar surface area (TPSA) is 17.8 Å². The quantitative estimate of drug-likeness (QED) is 0.267. The fraction of sp³-hybridized carbons (Fsp3) is 0.0741. The molecule has 0 atom stereocenters. The van der Waals surface area contributed by atoms with Crippen LogP contribution >= 0.6 is 11.3 Å². The van der Waals surface area contributed by atoms with Crippen molar-refractivity contribution in [3.63, 3.8) is 0 Å². The van der Waals surface area contributed by atoms with Crippen LogP contribution in [0.4, 0.5) is 8.78 Å². The molecule has 2 nitrogen and oxygen atoms in total. The van der Waals surface area contributed by atoms with Crippen LogP contribution in [0.15, 0.2) is 72.8 Å². The molecule has 0 unspecified atom stereocenters. The zero-order valence-electron chi connectivity index (χ0n) is 17.5. The molecular weight excluding hydrogens is 422 g/mol. The van der Waals surface area contributed by atoms with Crippen molar-refractivity contribution >= 4 is 42.5 Å². The molecule has 0 saturated heterocycles. The van der Waals surface area contributed by atoms with Gasteiger partial charge in [-0.15, -0.1) is 11.3 Å². The van der Waals surface area contributed by atoms with Crippen LogP contribution in [0.1, 0.15) is 11.1 Å². The van der Waals surface area contributed by atoms with E-state index in [2.05, 4.69) is 36.6 Å². The summed E-state index contributed by atoms with van der Waals surface area (Å²) in [6, 6.07) is 22.0. The smallest absolute Gasteiger partial charge is 0.147 e. The highest BCUT2D eigenvalue weighted by molar-refractivity contribution is 7.26. The molecule has 0 saturated carbocycles. The number of aromatic nitrogens is 2. The average molecular weight is 441 g/mol. The summed E-state index contributed by atoms with van der Waals surface area (Å²) in [5.74, 6) is 0.116. The minimum atomic E-state index is -0.325. The number of aryl methyl sites for hydroxylation is 2. The fourth-order valence-electron chi connectivity index (χ4n) is 4.58. The Labute approximate surface area is 187 Å². The number of halogens is 2. The molecule has 0 aliphatic carbocycles. The van der Waals surface area contributed by atoms with Gasteiger partial charge in [0.2, 0.25) is 0 Å². The number of thiophene rings is 1. The third-order valence-corrected chi connectivity index (χ3v) is 7.18. The summed E-state index contributed by atoms with van der Waals surface area (Å²) in [5, 5.41) is 1.24. The standard InChI is InChI=1S/C27H18F2N2S/c1-15-6-5-7-16(2)25(15)31-22-9-4-3-8-21(22)30-27(31)19-12-13-20(29)24-18-11-10-17(28)14-23(18)32-26(19)24/h3-14H,1-2H3. The Hall–Kier alpha value is -3.57. The molecule has 2 heterocycles. The van der Waals surface area contributed by atoms with Gasteiger partial charge in [-0.2, -0.15) is 0 Å². The van der Waals surface area contributed by atoms with E-state index in [0.29, 0.717) is 5.39 Å². The summed E-state index contributed by atoms with van der Waals surface area (Å²) in [7, 11) is 0. The second-order valence-electron chi connectivity index (χ2n) is 8.04. The third-order valence-electron chi connectivity index (χ3n) is 6.00. The normalized spacial score (nSPS) is 11.8. The number of fused-ring (bicyclic) bond motifs is 4. The van der Waals surface area contributed by atoms with E-state index in [4.69, 9.17) is 4.98 Å². The Balaban J connectivity index is 1.77. The van der Waals surface area contributed by atoms with Crippen molar-refractivity contribution in [2.45, 2.75) is 13.8 Å². The monoisotopic (exact) mass is 440 g/mol. The second-order valence-corrected chi connectivity index (χ2v) is 9.09. The van der Waals surface area contributed by atoms with Gasteiger partial charge in [0.05, 0.1) is 16.7 Å². The van der Waals surface area contributed by atoms with E-state index in [0.717, 1.165) is 54.0 Å². The lowest BCUT2D eigenvalue weighted by Crippen LogP contribution is -2.02. The molecule has 6 aromatic rings. The van der Waals surface area contributed by atoms with Gasteiger partial charge in [-0.3, -0.25) is 4.57 Å². The van der Waals surface area contributed by atoms with Crippen LogP contribution in [0.2, 0.25) is 0 Å². The number of nitrogens with zero attached hydrogens (tertiary/aromatic N) is 2. The lowest BCUT2D eigenvalue weighted by molar-refractivity contribution is 0.629. The van der Waals surface area contributed by atoms with Crippen molar-refractivity contribution < 1.29 is 8.78 Å². The highest BCUT2D eigenvalue weighted by atomic mass is 32.1. The summed E-state index contributed by atoms with van der Waals surface area (Å²) in [6.45, 7) is 4.17. The van der Waals surface area contributed by atoms with Crippen LogP contribution in [0, 0.1) is 25.5 Å². The van der Waals surface area contributed by atoms with Crippen molar-refractivity contribution in [2.75, 3.05) is 0 Å². The molecule has 156 valence electrons. The maximum Gasteiger partial charge on any atom is 0.147 e. The van der Waals surface area contributed by atoms with Gasteiger partial charge in [0.1, 0.15) is 17.5 Å². The number of rotatable bonds is 2. The van der Waals surface area contributed by atoms with Gasteiger partial charge in [-0.05, 0) is 67.4 Å². The van der Waals surface area contributed by atoms with E-state index >= 15 is 0 Å². The molecule has 5 heteroatoms. The molecule has 0 spiro atoms. The van der Waals surface area contributed by atoms with Crippen LogP contribution in [0.25, 0.3) is 48.3 Å². The Bertz CT molecular complexity index is 1660. The van der Waals surface area contributed by atoms with Gasteiger partial charge < -0.3 is 0 Å². The maximum absolute atomic E-state index is 15.0. The Morgan fingerprint density at radius 2 is 1.62 bits per heavy atom. The van der Waals surface area contributed by atoms with E-state index in [-0.39, 0.29) is 11.6 Å². The highest BCUT2D eigenvalue weighted by Crippen LogP contribution is 2.42. The molecule has 0 fully saturated rings. The van der Waals surface area contributed by atoms with Gasteiger partial charge >= 0.3 is 0 Å². The molecule has 2 aromatic heterocycles.